The molecule has 0 amide bonds. The van der Waals surface area contributed by atoms with E-state index in [0.29, 0.717) is 17.4 Å². The van der Waals surface area contributed by atoms with Crippen LogP contribution >= 0.6 is 0 Å². The van der Waals surface area contributed by atoms with E-state index in [0.717, 1.165) is 24.6 Å². The minimum absolute atomic E-state index is 0.252. The van der Waals surface area contributed by atoms with E-state index in [4.69, 9.17) is 4.74 Å². The lowest BCUT2D eigenvalue weighted by Gasteiger charge is -2.55. The molecule has 0 radical (unpaired) electrons. The van der Waals surface area contributed by atoms with Gasteiger partial charge in [0.05, 0.1) is 5.56 Å². The van der Waals surface area contributed by atoms with E-state index in [2.05, 4.69) is 16.0 Å². The Kier molecular flexibility index (Phi) is 3.87. The highest BCUT2D eigenvalue weighted by Crippen LogP contribution is 2.51. The first kappa shape index (κ1) is 15.1. The Morgan fingerprint density at radius 2 is 2.00 bits per heavy atom. The van der Waals surface area contributed by atoms with Crippen LogP contribution in [0.5, 0.6) is 0 Å². The molecule has 2 heterocycles. The van der Waals surface area contributed by atoms with Crippen LogP contribution in [-0.4, -0.2) is 36.6 Å². The van der Waals surface area contributed by atoms with Gasteiger partial charge >= 0.3 is 0 Å². The normalized spacial score (nSPS) is 34.1. The monoisotopic (exact) mass is 311 g/mol. The Morgan fingerprint density at radius 3 is 2.61 bits per heavy atom. The van der Waals surface area contributed by atoms with Gasteiger partial charge in [0.2, 0.25) is 0 Å². The van der Waals surface area contributed by atoms with Crippen molar-refractivity contribution >= 4 is 0 Å². The Hall–Kier alpha value is -1.44. The van der Waals surface area contributed by atoms with E-state index in [1.807, 2.05) is 19.4 Å². The highest BCUT2D eigenvalue weighted by atomic mass is 16.5. The largest absolute Gasteiger partial charge is 0.373 e. The third-order valence-corrected chi connectivity index (χ3v) is 6.14. The third kappa shape index (κ3) is 2.56. The fourth-order valence-corrected chi connectivity index (χ4v) is 4.98. The lowest BCUT2D eigenvalue weighted by molar-refractivity contribution is -0.169. The molecule has 1 aliphatic heterocycles. The summed E-state index contributed by atoms with van der Waals surface area (Å²) in [5.74, 6) is 1.96. The van der Waals surface area contributed by atoms with E-state index in [-0.39, 0.29) is 5.60 Å². The van der Waals surface area contributed by atoms with Crippen LogP contribution in [0.4, 0.5) is 0 Å². The summed E-state index contributed by atoms with van der Waals surface area (Å²) in [6.07, 6.45) is 10.1. The van der Waals surface area contributed by atoms with E-state index < -0.39 is 0 Å². The molecular weight excluding hydrogens is 286 g/mol. The predicted octanol–water partition coefficient (Wildman–Crippen LogP) is 2.94. The van der Waals surface area contributed by atoms with E-state index in [1.165, 1.54) is 38.6 Å². The molecule has 3 atom stereocenters. The lowest BCUT2D eigenvalue weighted by atomic mass is 9.62. The molecule has 0 N–H and O–H groups in total. The van der Waals surface area contributed by atoms with E-state index in [9.17, 15) is 5.26 Å². The van der Waals surface area contributed by atoms with Crippen molar-refractivity contribution in [2.45, 2.75) is 37.7 Å². The molecule has 1 unspecified atom stereocenters. The molecule has 0 aromatic carbocycles. The standard InChI is InChI=1S/C19H25N3O/c1-23-19(18-7-15(8-20)9-21-10-18)16-3-2-4-17(19)13-22(12-16)11-14-5-6-14/h7,9-10,14,16-17H,2-6,11-13H2,1H3/t16-,17+,19?. The molecule has 2 aliphatic carbocycles. The van der Waals surface area contributed by atoms with Gasteiger partial charge < -0.3 is 9.64 Å². The molecule has 1 aromatic heterocycles. The van der Waals surface area contributed by atoms with Crippen LogP contribution in [-0.2, 0) is 10.3 Å². The van der Waals surface area contributed by atoms with Crippen LogP contribution in [0.2, 0.25) is 0 Å². The van der Waals surface area contributed by atoms with Gasteiger partial charge in [0.1, 0.15) is 11.7 Å². The summed E-state index contributed by atoms with van der Waals surface area (Å²) in [6.45, 7) is 3.51. The summed E-state index contributed by atoms with van der Waals surface area (Å²) < 4.78 is 6.22. The summed E-state index contributed by atoms with van der Waals surface area (Å²) >= 11 is 0. The summed E-state index contributed by atoms with van der Waals surface area (Å²) in [7, 11) is 1.85. The molecule has 2 bridgehead atoms. The van der Waals surface area contributed by atoms with Crippen LogP contribution in [0.25, 0.3) is 0 Å². The Balaban J connectivity index is 1.67. The number of aromatic nitrogens is 1. The molecule has 122 valence electrons. The van der Waals surface area contributed by atoms with Gasteiger partial charge in [-0.2, -0.15) is 5.26 Å². The zero-order valence-corrected chi connectivity index (χ0v) is 13.9. The number of likely N-dealkylation sites (tertiary alicyclic amines) is 1. The van der Waals surface area contributed by atoms with Gasteiger partial charge in [-0.25, -0.2) is 0 Å². The van der Waals surface area contributed by atoms with Crippen LogP contribution in [0.1, 0.15) is 43.2 Å². The minimum Gasteiger partial charge on any atom is -0.373 e. The zero-order chi connectivity index (χ0) is 15.9. The van der Waals surface area contributed by atoms with Crippen molar-refractivity contribution in [3.05, 3.63) is 29.6 Å². The molecular formula is C19H25N3O. The van der Waals surface area contributed by atoms with Crippen LogP contribution < -0.4 is 0 Å². The molecule has 1 aromatic rings. The second kappa shape index (κ2) is 5.89. The highest BCUT2D eigenvalue weighted by molar-refractivity contribution is 5.34. The van der Waals surface area contributed by atoms with Crippen molar-refractivity contribution in [1.82, 2.24) is 9.88 Å². The quantitative estimate of drug-likeness (QED) is 0.858. The molecule has 2 saturated carbocycles. The SMILES string of the molecule is COC1(c2cncc(C#N)c2)[C@@H]2CCC[C@H]1CN(CC1CC1)C2. The second-order valence-corrected chi connectivity index (χ2v) is 7.56. The minimum atomic E-state index is -0.252. The number of pyridine rings is 1. The average molecular weight is 311 g/mol. The van der Waals surface area contributed by atoms with Crippen molar-refractivity contribution in [3.63, 3.8) is 0 Å². The summed E-state index contributed by atoms with van der Waals surface area (Å²) in [5.41, 5.74) is 1.50. The molecule has 4 rings (SSSR count). The van der Waals surface area contributed by atoms with Gasteiger partial charge in [0.25, 0.3) is 0 Å². The molecule has 0 spiro atoms. The number of methoxy groups -OCH3 is 1. The van der Waals surface area contributed by atoms with Gasteiger partial charge in [-0.05, 0) is 37.7 Å². The predicted molar refractivity (Wildman–Crippen MR) is 87.6 cm³/mol. The maximum absolute atomic E-state index is 9.23. The number of hydrogen-bond acceptors (Lipinski definition) is 4. The summed E-state index contributed by atoms with van der Waals surface area (Å²) in [5, 5.41) is 9.23. The van der Waals surface area contributed by atoms with Crippen LogP contribution in [0.15, 0.2) is 18.5 Å². The maximum Gasteiger partial charge on any atom is 0.102 e. The Morgan fingerprint density at radius 1 is 1.26 bits per heavy atom. The fourth-order valence-electron chi connectivity index (χ4n) is 4.98. The number of fused-ring (bicyclic) bond motifs is 2. The fraction of sp³-hybridized carbons (Fsp3) is 0.684. The van der Waals surface area contributed by atoms with Crippen molar-refractivity contribution < 1.29 is 4.74 Å². The molecule has 3 fully saturated rings. The van der Waals surface area contributed by atoms with Crippen molar-refractivity contribution in [1.29, 1.82) is 5.26 Å². The van der Waals surface area contributed by atoms with E-state index in [1.54, 1.807) is 6.20 Å². The van der Waals surface area contributed by atoms with Crippen molar-refractivity contribution in [2.24, 2.45) is 17.8 Å². The molecule has 1 saturated heterocycles. The van der Waals surface area contributed by atoms with Gasteiger partial charge in [0.15, 0.2) is 0 Å². The van der Waals surface area contributed by atoms with Crippen molar-refractivity contribution in [3.8, 4) is 6.07 Å². The Bertz CT molecular complexity index is 605. The maximum atomic E-state index is 9.23. The first-order valence-electron chi connectivity index (χ1n) is 8.89. The number of rotatable bonds is 4. The second-order valence-electron chi connectivity index (χ2n) is 7.56. The molecule has 23 heavy (non-hydrogen) atoms. The lowest BCUT2D eigenvalue weighted by Crippen LogP contribution is -2.59. The molecule has 4 heteroatoms. The summed E-state index contributed by atoms with van der Waals surface area (Å²) in [4.78, 5) is 6.98. The number of piperidine rings is 1. The first-order chi connectivity index (χ1) is 11.3. The Labute approximate surface area is 138 Å². The molecule has 3 aliphatic rings. The summed E-state index contributed by atoms with van der Waals surface area (Å²) in [6, 6.07) is 4.23. The average Bonchev–Trinajstić information content (AvgIpc) is 3.38. The smallest absolute Gasteiger partial charge is 0.102 e. The third-order valence-electron chi connectivity index (χ3n) is 6.14. The van der Waals surface area contributed by atoms with Crippen molar-refractivity contribution in [2.75, 3.05) is 26.7 Å². The highest BCUT2D eigenvalue weighted by Gasteiger charge is 2.53. The number of ether oxygens (including phenoxy) is 1. The van der Waals surface area contributed by atoms with Crippen LogP contribution in [0, 0.1) is 29.1 Å². The number of hydrogen-bond donors (Lipinski definition) is 0. The topological polar surface area (TPSA) is 49.1 Å². The van der Waals surface area contributed by atoms with E-state index >= 15 is 0 Å². The van der Waals surface area contributed by atoms with Gasteiger partial charge in [-0.3, -0.25) is 4.98 Å². The first-order valence-corrected chi connectivity index (χ1v) is 8.89. The van der Waals surface area contributed by atoms with Crippen LogP contribution in [0.3, 0.4) is 0 Å². The number of nitriles is 1. The zero-order valence-electron chi connectivity index (χ0n) is 13.9. The van der Waals surface area contributed by atoms with Gasteiger partial charge in [-0.15, -0.1) is 0 Å². The van der Waals surface area contributed by atoms with Gasteiger partial charge in [-0.1, -0.05) is 6.42 Å². The van der Waals surface area contributed by atoms with Gasteiger partial charge in [0, 0.05) is 56.5 Å². The molecule has 4 nitrogen and oxygen atoms in total. The number of nitrogens with zero attached hydrogens (tertiary/aromatic N) is 3.